The minimum absolute atomic E-state index is 0.0155. The van der Waals surface area contributed by atoms with Crippen LogP contribution in [0.4, 0.5) is 0 Å². The number of hydrogen-bond acceptors (Lipinski definition) is 3. The van der Waals surface area contributed by atoms with E-state index < -0.39 is 6.10 Å². The van der Waals surface area contributed by atoms with Gasteiger partial charge in [-0.15, -0.1) is 0 Å². The van der Waals surface area contributed by atoms with E-state index in [1.165, 1.54) is 7.11 Å². The number of esters is 1. The maximum Gasteiger partial charge on any atom is 0.310 e. The van der Waals surface area contributed by atoms with E-state index in [2.05, 4.69) is 6.07 Å². The number of fused-ring (bicyclic) bond motifs is 7. The average molecular weight is 280 g/mol. The van der Waals surface area contributed by atoms with E-state index in [1.54, 1.807) is 0 Å². The molecule has 21 heavy (non-hydrogen) atoms. The van der Waals surface area contributed by atoms with Crippen molar-refractivity contribution in [1.82, 2.24) is 0 Å². The number of benzene rings is 2. The Balaban J connectivity index is 2.00. The molecule has 3 nitrogen and oxygen atoms in total. The number of aliphatic hydroxyl groups is 1. The van der Waals surface area contributed by atoms with Crippen molar-refractivity contribution < 1.29 is 14.6 Å². The minimum atomic E-state index is -0.662. The molecule has 0 amide bonds. The highest BCUT2D eigenvalue weighted by Gasteiger charge is 2.53. The Kier molecular flexibility index (Phi) is 2.66. The Morgan fingerprint density at radius 2 is 1.48 bits per heavy atom. The van der Waals surface area contributed by atoms with Crippen LogP contribution in [0, 0.1) is 5.92 Å². The molecular weight excluding hydrogens is 264 g/mol. The largest absolute Gasteiger partial charge is 0.469 e. The van der Waals surface area contributed by atoms with Crippen molar-refractivity contribution in [1.29, 1.82) is 0 Å². The van der Waals surface area contributed by atoms with E-state index in [-0.39, 0.29) is 23.7 Å². The van der Waals surface area contributed by atoms with E-state index in [0.29, 0.717) is 0 Å². The quantitative estimate of drug-likeness (QED) is 0.817. The van der Waals surface area contributed by atoms with Crippen LogP contribution in [0.1, 0.15) is 40.2 Å². The summed E-state index contributed by atoms with van der Waals surface area (Å²) < 4.78 is 5.02. The summed E-state index contributed by atoms with van der Waals surface area (Å²) >= 11 is 0. The fourth-order valence-electron chi connectivity index (χ4n) is 4.10. The topological polar surface area (TPSA) is 46.5 Å². The summed E-state index contributed by atoms with van der Waals surface area (Å²) in [5.74, 6) is -0.807. The first-order chi connectivity index (χ1) is 10.2. The zero-order chi connectivity index (χ0) is 14.6. The van der Waals surface area contributed by atoms with Gasteiger partial charge < -0.3 is 9.84 Å². The Bertz CT molecular complexity index is 722. The first-order valence-corrected chi connectivity index (χ1v) is 7.17. The maximum absolute atomic E-state index is 12.3. The predicted octanol–water partition coefficient (Wildman–Crippen LogP) is 2.75. The highest BCUT2D eigenvalue weighted by atomic mass is 16.5. The Morgan fingerprint density at radius 3 is 2.10 bits per heavy atom. The normalized spacial score (nSPS) is 28.7. The molecule has 2 aliphatic rings. The lowest BCUT2D eigenvalue weighted by Gasteiger charge is -2.34. The summed E-state index contributed by atoms with van der Waals surface area (Å²) in [7, 11) is 1.42. The van der Waals surface area contributed by atoms with Gasteiger partial charge in [-0.05, 0) is 22.3 Å². The van der Waals surface area contributed by atoms with Crippen LogP contribution in [0.3, 0.4) is 0 Å². The third kappa shape index (κ3) is 1.55. The SMILES string of the molecule is COC(=O)[C@H]1[C@@H]2c3ccccc3[C@@H]1[C@H](O)c1ccccc12. The zero-order valence-corrected chi connectivity index (χ0v) is 11.7. The molecule has 0 spiro atoms. The highest BCUT2D eigenvalue weighted by Crippen LogP contribution is 2.59. The molecule has 0 fully saturated rings. The lowest BCUT2D eigenvalue weighted by Crippen LogP contribution is -2.32. The molecule has 2 aromatic rings. The molecule has 106 valence electrons. The second-order valence-corrected chi connectivity index (χ2v) is 5.76. The molecule has 1 N–H and O–H groups in total. The molecule has 2 aliphatic carbocycles. The molecule has 0 aliphatic heterocycles. The van der Waals surface area contributed by atoms with Crippen LogP contribution in [0.25, 0.3) is 0 Å². The van der Waals surface area contributed by atoms with Crippen LogP contribution in [0.2, 0.25) is 0 Å². The lowest BCUT2D eigenvalue weighted by atomic mass is 9.71. The van der Waals surface area contributed by atoms with Crippen molar-refractivity contribution in [2.24, 2.45) is 5.92 Å². The second kappa shape index (κ2) is 4.43. The summed E-state index contributed by atoms with van der Waals surface area (Å²) in [6, 6.07) is 15.9. The molecule has 2 aromatic carbocycles. The number of carbonyl (C=O) groups is 1. The van der Waals surface area contributed by atoms with E-state index in [1.807, 2.05) is 42.5 Å². The first-order valence-electron chi connectivity index (χ1n) is 7.17. The van der Waals surface area contributed by atoms with Crippen LogP contribution >= 0.6 is 0 Å². The van der Waals surface area contributed by atoms with Gasteiger partial charge in [-0.25, -0.2) is 0 Å². The van der Waals surface area contributed by atoms with Crippen molar-refractivity contribution >= 4 is 5.97 Å². The second-order valence-electron chi connectivity index (χ2n) is 5.76. The van der Waals surface area contributed by atoms with Crippen molar-refractivity contribution in [3.63, 3.8) is 0 Å². The number of aliphatic hydroxyl groups excluding tert-OH is 1. The molecule has 0 heterocycles. The number of rotatable bonds is 1. The van der Waals surface area contributed by atoms with Crippen molar-refractivity contribution in [3.05, 3.63) is 70.8 Å². The van der Waals surface area contributed by atoms with E-state index >= 15 is 0 Å². The fourth-order valence-corrected chi connectivity index (χ4v) is 4.10. The summed E-state index contributed by atoms with van der Waals surface area (Å²) in [6.07, 6.45) is -0.662. The number of hydrogen-bond donors (Lipinski definition) is 1. The molecule has 2 bridgehead atoms. The maximum atomic E-state index is 12.3. The van der Waals surface area contributed by atoms with Crippen LogP contribution in [0.15, 0.2) is 48.5 Å². The van der Waals surface area contributed by atoms with Crippen molar-refractivity contribution in [3.8, 4) is 0 Å². The summed E-state index contributed by atoms with van der Waals surface area (Å²) in [4.78, 5) is 12.3. The van der Waals surface area contributed by atoms with Gasteiger partial charge in [0.15, 0.2) is 0 Å². The van der Waals surface area contributed by atoms with Gasteiger partial charge in [0.25, 0.3) is 0 Å². The molecule has 4 atom stereocenters. The zero-order valence-electron chi connectivity index (χ0n) is 11.7. The average Bonchev–Trinajstić information content (AvgIpc) is 2.83. The molecular formula is C18H16O3. The van der Waals surface area contributed by atoms with Gasteiger partial charge in [0.05, 0.1) is 19.1 Å². The summed E-state index contributed by atoms with van der Waals surface area (Å²) in [5.41, 5.74) is 4.19. The summed E-state index contributed by atoms with van der Waals surface area (Å²) in [6.45, 7) is 0. The Hall–Kier alpha value is -2.13. The molecule has 0 unspecified atom stereocenters. The standard InChI is InChI=1S/C18H16O3/c1-21-18(20)16-14-10-6-2-3-7-11(10)15(16)17(19)13-9-5-4-8-12(13)14/h2-9,14-17,19H,1H3/t14-,15+,16+,17-/m1/s1. The van der Waals surface area contributed by atoms with Gasteiger partial charge >= 0.3 is 5.97 Å². The van der Waals surface area contributed by atoms with Crippen LogP contribution in [-0.2, 0) is 9.53 Å². The van der Waals surface area contributed by atoms with Gasteiger partial charge in [0, 0.05) is 11.8 Å². The first kappa shape index (κ1) is 12.6. The Labute approximate surface area is 123 Å². The fraction of sp³-hybridized carbons (Fsp3) is 0.278. The minimum Gasteiger partial charge on any atom is -0.469 e. The molecule has 0 radical (unpaired) electrons. The third-order valence-electron chi connectivity index (χ3n) is 4.90. The molecule has 4 rings (SSSR count). The summed E-state index contributed by atoms with van der Waals surface area (Å²) in [5, 5.41) is 10.8. The van der Waals surface area contributed by atoms with E-state index in [9.17, 15) is 9.90 Å². The van der Waals surface area contributed by atoms with E-state index in [0.717, 1.165) is 22.3 Å². The van der Waals surface area contributed by atoms with Crippen LogP contribution < -0.4 is 0 Å². The monoisotopic (exact) mass is 280 g/mol. The van der Waals surface area contributed by atoms with Crippen molar-refractivity contribution in [2.45, 2.75) is 17.9 Å². The van der Waals surface area contributed by atoms with Crippen LogP contribution in [-0.4, -0.2) is 18.2 Å². The van der Waals surface area contributed by atoms with Crippen LogP contribution in [0.5, 0.6) is 0 Å². The number of ether oxygens (including phenoxy) is 1. The molecule has 0 saturated heterocycles. The molecule has 0 saturated carbocycles. The number of carbonyl (C=O) groups excluding carboxylic acids is 1. The van der Waals surface area contributed by atoms with Gasteiger partial charge in [0.2, 0.25) is 0 Å². The molecule has 3 heteroatoms. The third-order valence-corrected chi connectivity index (χ3v) is 4.90. The number of methoxy groups -OCH3 is 1. The van der Waals surface area contributed by atoms with Gasteiger partial charge in [0.1, 0.15) is 0 Å². The lowest BCUT2D eigenvalue weighted by molar-refractivity contribution is -0.148. The Morgan fingerprint density at radius 1 is 0.952 bits per heavy atom. The van der Waals surface area contributed by atoms with Crippen molar-refractivity contribution in [2.75, 3.05) is 7.11 Å². The highest BCUT2D eigenvalue weighted by molar-refractivity contribution is 5.79. The predicted molar refractivity (Wildman–Crippen MR) is 77.9 cm³/mol. The van der Waals surface area contributed by atoms with Gasteiger partial charge in [-0.3, -0.25) is 4.79 Å². The molecule has 0 aromatic heterocycles. The van der Waals surface area contributed by atoms with Gasteiger partial charge in [-0.2, -0.15) is 0 Å². The van der Waals surface area contributed by atoms with E-state index in [4.69, 9.17) is 4.74 Å². The smallest absolute Gasteiger partial charge is 0.310 e. The van der Waals surface area contributed by atoms with Gasteiger partial charge in [-0.1, -0.05) is 48.5 Å².